The number of anilines is 1. The Morgan fingerprint density at radius 3 is 2.61 bits per heavy atom. The Bertz CT molecular complexity index is 548. The SMILES string of the molecule is Nc1ccncc1S(=O)(=O)N1CC2CCC(C1)O2. The van der Waals surface area contributed by atoms with Crippen molar-refractivity contribution in [3.8, 4) is 0 Å². The number of sulfonamides is 1. The molecule has 3 heterocycles. The van der Waals surface area contributed by atoms with Crippen LogP contribution in [0.5, 0.6) is 0 Å². The van der Waals surface area contributed by atoms with Crippen molar-refractivity contribution in [2.45, 2.75) is 29.9 Å². The summed E-state index contributed by atoms with van der Waals surface area (Å²) in [5, 5.41) is 0. The Kier molecular flexibility index (Phi) is 2.76. The summed E-state index contributed by atoms with van der Waals surface area (Å²) in [6, 6.07) is 1.50. The second-order valence-corrected chi connectivity index (χ2v) is 6.60. The highest BCUT2D eigenvalue weighted by atomic mass is 32.2. The van der Waals surface area contributed by atoms with E-state index in [2.05, 4.69) is 4.98 Å². The van der Waals surface area contributed by atoms with Gasteiger partial charge in [0.15, 0.2) is 0 Å². The van der Waals surface area contributed by atoms with Gasteiger partial charge in [-0.1, -0.05) is 0 Å². The minimum absolute atomic E-state index is 0.0245. The number of pyridine rings is 1. The summed E-state index contributed by atoms with van der Waals surface area (Å²) in [5.41, 5.74) is 5.96. The van der Waals surface area contributed by atoms with Crippen LogP contribution in [0.2, 0.25) is 0 Å². The van der Waals surface area contributed by atoms with Crippen LogP contribution in [0.4, 0.5) is 5.69 Å². The van der Waals surface area contributed by atoms with Gasteiger partial charge in [-0.25, -0.2) is 8.42 Å². The first kappa shape index (κ1) is 11.9. The third kappa shape index (κ3) is 1.88. The quantitative estimate of drug-likeness (QED) is 0.830. The van der Waals surface area contributed by atoms with Crippen LogP contribution >= 0.6 is 0 Å². The maximum atomic E-state index is 12.5. The molecule has 2 aliphatic heterocycles. The topological polar surface area (TPSA) is 85.5 Å². The molecule has 0 aliphatic carbocycles. The highest BCUT2D eigenvalue weighted by Gasteiger charge is 2.39. The molecule has 2 bridgehead atoms. The van der Waals surface area contributed by atoms with Crippen LogP contribution in [0, 0.1) is 0 Å². The van der Waals surface area contributed by atoms with Gasteiger partial charge in [-0.2, -0.15) is 4.31 Å². The number of hydrogen-bond donors (Lipinski definition) is 1. The smallest absolute Gasteiger partial charge is 0.246 e. The lowest BCUT2D eigenvalue weighted by Gasteiger charge is -2.31. The monoisotopic (exact) mass is 269 g/mol. The Labute approximate surface area is 106 Å². The highest BCUT2D eigenvalue weighted by Crippen LogP contribution is 2.30. The summed E-state index contributed by atoms with van der Waals surface area (Å²) in [5.74, 6) is 0. The molecule has 2 fully saturated rings. The van der Waals surface area contributed by atoms with Crippen LogP contribution in [0.1, 0.15) is 12.8 Å². The molecule has 0 aromatic carbocycles. The fourth-order valence-electron chi connectivity index (χ4n) is 2.52. The normalized spacial score (nSPS) is 28.4. The molecule has 3 rings (SSSR count). The minimum Gasteiger partial charge on any atom is -0.398 e. The molecule has 0 spiro atoms. The van der Waals surface area contributed by atoms with E-state index in [0.29, 0.717) is 13.1 Å². The maximum Gasteiger partial charge on any atom is 0.246 e. The van der Waals surface area contributed by atoms with E-state index in [1.54, 1.807) is 0 Å². The Hall–Kier alpha value is -1.18. The molecule has 2 aliphatic rings. The number of fused-ring (bicyclic) bond motifs is 2. The summed E-state index contributed by atoms with van der Waals surface area (Å²) in [7, 11) is -3.55. The average molecular weight is 269 g/mol. The van der Waals surface area contributed by atoms with Gasteiger partial charge in [0, 0.05) is 25.5 Å². The molecule has 0 amide bonds. The first-order chi connectivity index (χ1) is 8.57. The fourth-order valence-corrected chi connectivity index (χ4v) is 4.08. The summed E-state index contributed by atoms with van der Waals surface area (Å²) in [4.78, 5) is 3.93. The third-order valence-corrected chi connectivity index (χ3v) is 5.32. The van der Waals surface area contributed by atoms with Gasteiger partial charge < -0.3 is 10.5 Å². The van der Waals surface area contributed by atoms with Crippen LogP contribution in [0.25, 0.3) is 0 Å². The average Bonchev–Trinajstić information content (AvgIpc) is 2.68. The van der Waals surface area contributed by atoms with Gasteiger partial charge in [-0.05, 0) is 18.9 Å². The number of aromatic nitrogens is 1. The molecular formula is C11H15N3O3S. The lowest BCUT2D eigenvalue weighted by molar-refractivity contribution is -0.0114. The second-order valence-electron chi connectivity index (χ2n) is 4.69. The van der Waals surface area contributed by atoms with Crippen molar-refractivity contribution >= 4 is 15.7 Å². The van der Waals surface area contributed by atoms with Crippen molar-refractivity contribution in [3.05, 3.63) is 18.5 Å². The Morgan fingerprint density at radius 1 is 1.33 bits per heavy atom. The largest absolute Gasteiger partial charge is 0.398 e. The summed E-state index contributed by atoms with van der Waals surface area (Å²) < 4.78 is 32.1. The molecule has 2 saturated heterocycles. The zero-order chi connectivity index (χ0) is 12.8. The maximum absolute atomic E-state index is 12.5. The Balaban J connectivity index is 1.94. The summed E-state index contributed by atoms with van der Waals surface area (Å²) >= 11 is 0. The van der Waals surface area contributed by atoms with E-state index in [9.17, 15) is 8.42 Å². The summed E-state index contributed by atoms with van der Waals surface area (Å²) in [6.45, 7) is 0.820. The van der Waals surface area contributed by atoms with Crippen LogP contribution < -0.4 is 5.73 Å². The van der Waals surface area contributed by atoms with E-state index in [-0.39, 0.29) is 22.8 Å². The molecule has 0 radical (unpaired) electrons. The van der Waals surface area contributed by atoms with Gasteiger partial charge in [0.05, 0.1) is 17.9 Å². The molecule has 1 aromatic heterocycles. The number of ether oxygens (including phenoxy) is 1. The van der Waals surface area contributed by atoms with Crippen LogP contribution in [-0.4, -0.2) is 43.0 Å². The molecule has 0 saturated carbocycles. The Morgan fingerprint density at radius 2 is 2.00 bits per heavy atom. The van der Waals surface area contributed by atoms with Gasteiger partial charge in [0.25, 0.3) is 0 Å². The lowest BCUT2D eigenvalue weighted by Crippen LogP contribution is -2.45. The molecule has 18 heavy (non-hydrogen) atoms. The van der Waals surface area contributed by atoms with Crippen molar-refractivity contribution < 1.29 is 13.2 Å². The predicted molar refractivity (Wildman–Crippen MR) is 65.3 cm³/mol. The number of morpholine rings is 1. The number of rotatable bonds is 2. The minimum atomic E-state index is -3.55. The van der Waals surface area contributed by atoms with Gasteiger partial charge in [0.2, 0.25) is 10.0 Å². The van der Waals surface area contributed by atoms with E-state index in [4.69, 9.17) is 10.5 Å². The van der Waals surface area contributed by atoms with Crippen LogP contribution in [-0.2, 0) is 14.8 Å². The highest BCUT2D eigenvalue weighted by molar-refractivity contribution is 7.89. The van der Waals surface area contributed by atoms with E-state index >= 15 is 0 Å². The van der Waals surface area contributed by atoms with Crippen molar-refractivity contribution in [3.63, 3.8) is 0 Å². The molecule has 2 unspecified atom stereocenters. The lowest BCUT2D eigenvalue weighted by atomic mass is 10.2. The van der Waals surface area contributed by atoms with Crippen molar-refractivity contribution in [2.24, 2.45) is 0 Å². The molecule has 2 N–H and O–H groups in total. The number of nitrogens with two attached hydrogens (primary N) is 1. The van der Waals surface area contributed by atoms with Crippen LogP contribution in [0.3, 0.4) is 0 Å². The summed E-state index contributed by atoms with van der Waals surface area (Å²) in [6.07, 6.45) is 4.70. The number of nitrogens with zero attached hydrogens (tertiary/aromatic N) is 2. The van der Waals surface area contributed by atoms with Gasteiger partial charge in [0.1, 0.15) is 4.90 Å². The fraction of sp³-hybridized carbons (Fsp3) is 0.545. The van der Waals surface area contributed by atoms with Gasteiger partial charge in [-0.3, -0.25) is 4.98 Å². The zero-order valence-corrected chi connectivity index (χ0v) is 10.6. The van der Waals surface area contributed by atoms with Gasteiger partial charge >= 0.3 is 0 Å². The van der Waals surface area contributed by atoms with Crippen molar-refractivity contribution in [2.75, 3.05) is 18.8 Å². The van der Waals surface area contributed by atoms with Crippen molar-refractivity contribution in [1.29, 1.82) is 0 Å². The zero-order valence-electron chi connectivity index (χ0n) is 9.82. The van der Waals surface area contributed by atoms with E-state index in [0.717, 1.165) is 12.8 Å². The van der Waals surface area contributed by atoms with E-state index < -0.39 is 10.0 Å². The predicted octanol–water partition coefficient (Wildman–Crippen LogP) is 0.216. The molecule has 1 aromatic rings. The first-order valence-corrected chi connectivity index (χ1v) is 7.36. The van der Waals surface area contributed by atoms with E-state index in [1.165, 1.54) is 22.8 Å². The van der Waals surface area contributed by atoms with Gasteiger partial charge in [-0.15, -0.1) is 0 Å². The molecule has 98 valence electrons. The van der Waals surface area contributed by atoms with E-state index in [1.807, 2.05) is 0 Å². The number of hydrogen-bond acceptors (Lipinski definition) is 5. The molecule has 7 heteroatoms. The molecule has 2 atom stereocenters. The second kappa shape index (κ2) is 4.18. The number of nitrogen functional groups attached to an aromatic ring is 1. The molecular weight excluding hydrogens is 254 g/mol. The van der Waals surface area contributed by atoms with Crippen molar-refractivity contribution in [1.82, 2.24) is 9.29 Å². The first-order valence-electron chi connectivity index (χ1n) is 5.92. The molecule has 6 nitrogen and oxygen atoms in total. The van der Waals surface area contributed by atoms with Crippen LogP contribution in [0.15, 0.2) is 23.4 Å². The third-order valence-electron chi connectivity index (χ3n) is 3.44. The standard InChI is InChI=1S/C11H15N3O3S/c12-10-3-4-13-5-11(10)18(15,16)14-6-8-1-2-9(7-14)17-8/h3-5,8-9H,1-2,6-7H2,(H2,12,13).